The van der Waals surface area contributed by atoms with Crippen molar-refractivity contribution in [3.8, 4) is 0 Å². The van der Waals surface area contributed by atoms with Crippen LogP contribution in [-0.4, -0.2) is 77.4 Å². The third kappa shape index (κ3) is 5.56. The zero-order valence-electron chi connectivity index (χ0n) is 36.0. The van der Waals surface area contributed by atoms with Gasteiger partial charge in [-0.2, -0.15) is 0 Å². The fourth-order valence-electron chi connectivity index (χ4n) is 16.1. The Morgan fingerprint density at radius 1 is 0.648 bits per heavy atom. The van der Waals surface area contributed by atoms with Crippen LogP contribution in [-0.2, 0) is 23.7 Å². The zero-order valence-corrected chi connectivity index (χ0v) is 34.0. The maximum Gasteiger partial charge on any atom is 0.169 e. The Labute approximate surface area is 327 Å². The second-order valence-electron chi connectivity index (χ2n) is 20.9. The van der Waals surface area contributed by atoms with E-state index in [1.807, 2.05) is 0 Å². The third-order valence-electron chi connectivity index (χ3n) is 18.5. The predicted molar refractivity (Wildman–Crippen MR) is 205 cm³/mol. The van der Waals surface area contributed by atoms with Crippen LogP contribution < -0.4 is 0 Å². The quantitative estimate of drug-likeness (QED) is 0.248. The summed E-state index contributed by atoms with van der Waals surface area (Å²) in [6.07, 6.45) is 12.6. The van der Waals surface area contributed by atoms with Gasteiger partial charge in [0, 0.05) is 24.2 Å². The lowest BCUT2D eigenvalue weighted by Gasteiger charge is -2.60. The van der Waals surface area contributed by atoms with E-state index in [9.17, 15) is 20.1 Å². The smallest absolute Gasteiger partial charge is 0.169 e. The second-order valence-corrected chi connectivity index (χ2v) is 20.9. The molecular formula is C46H70O8. The molecule has 8 fully saturated rings. The van der Waals surface area contributed by atoms with Crippen LogP contribution in [0.1, 0.15) is 134 Å². The van der Waals surface area contributed by atoms with Gasteiger partial charge in [0.05, 0.1) is 47.4 Å². The van der Waals surface area contributed by atoms with E-state index >= 15 is 0 Å². The van der Waals surface area contributed by atoms with Gasteiger partial charge >= 0.3 is 0 Å². The third-order valence-corrected chi connectivity index (χ3v) is 18.5. The van der Waals surface area contributed by atoms with Crippen molar-refractivity contribution in [3.63, 3.8) is 0 Å². The Bertz CT molecular complexity index is 1650. The summed E-state index contributed by atoms with van der Waals surface area (Å²) in [6.45, 7) is 16.0. The topological polar surface area (TPSA) is 115 Å². The summed E-state index contributed by atoms with van der Waals surface area (Å²) >= 11 is 0. The fourth-order valence-corrected chi connectivity index (χ4v) is 16.1. The summed E-state index contributed by atoms with van der Waals surface area (Å²) in [5.41, 5.74) is 2.06. The van der Waals surface area contributed by atoms with Gasteiger partial charge in [0.2, 0.25) is 0 Å². The van der Waals surface area contributed by atoms with Gasteiger partial charge in [0.25, 0.3) is 0 Å². The fraction of sp³-hybridized carbons (Fsp3) is 0.891. The Balaban J connectivity index is 0.000000146. The van der Waals surface area contributed by atoms with Gasteiger partial charge < -0.3 is 34.3 Å². The first-order valence-corrected chi connectivity index (χ1v) is 21.8. The Kier molecular flexibility index (Phi) is 8.79. The van der Waals surface area contributed by atoms with Crippen molar-refractivity contribution in [2.45, 2.75) is 161 Å². The predicted octanol–water partition coefficient (Wildman–Crippen LogP) is 7.53. The minimum absolute atomic E-state index is 0.0339. The first-order valence-electron chi connectivity index (χ1n) is 22.8. The number of ketones is 1. The zero-order chi connectivity index (χ0) is 39.9. The highest BCUT2D eigenvalue weighted by molar-refractivity contribution is 5.85. The van der Waals surface area contributed by atoms with Crippen molar-refractivity contribution in [2.75, 3.05) is 26.4 Å². The number of ether oxygens (including phenoxy) is 4. The van der Waals surface area contributed by atoms with Crippen LogP contribution in [0.3, 0.4) is 0 Å². The average Bonchev–Trinajstić information content (AvgIpc) is 3.91. The molecule has 0 radical (unpaired) electrons. The van der Waals surface area contributed by atoms with E-state index in [1.165, 1.54) is 12.0 Å². The maximum atomic E-state index is 13.6. The van der Waals surface area contributed by atoms with Crippen LogP contribution in [0.15, 0.2) is 23.3 Å². The molecule has 302 valence electrons. The SMILES string of the molecule is [2H][C@]1(O)CC[C@@]2(C)C(=CCC3C2C(=O)C[C@@]2(C)C3CC[C@@H]2C2(C)OCCO2)C1.[2H][C@]1(O)CC[C@@]2(C)C(=CCC3C2[C@@H](O)C[C@@]2(C)C3CC[C@@H]2C2(C)OCCO2)C1. The molecule has 0 aromatic heterocycles. The van der Waals surface area contributed by atoms with Crippen LogP contribution in [0, 0.1) is 69.0 Å². The molecule has 10 aliphatic rings. The molecular weight excluding hydrogens is 680 g/mol. The van der Waals surface area contributed by atoms with E-state index < -0.39 is 23.7 Å². The largest absolute Gasteiger partial charge is 0.393 e. The molecule has 0 bridgehead atoms. The normalized spacial score (nSPS) is 55.9. The molecule has 8 nitrogen and oxygen atoms in total. The summed E-state index contributed by atoms with van der Waals surface area (Å²) in [4.78, 5) is 13.6. The standard InChI is InChI=1S/C23H36O4.C23H34O4/c2*1-21-9-8-15(24)12-14(21)4-5-16-17-6-7-19(23(3)26-10-11-27-23)22(17,2)13-18(25)20(16)21/h4,15-20,24-25H,5-13H2,1-3H3;4,15-17,19-20,24H,5-13H2,1-3H3/t15-,16?,17?,18-,19-,20?,21-,22-;15-,16?,17?,19-,20?,21-,22-/m00/s1/i2*15D. The highest BCUT2D eigenvalue weighted by atomic mass is 16.7. The number of rotatable bonds is 2. The van der Waals surface area contributed by atoms with Crippen LogP contribution >= 0.6 is 0 Å². The molecule has 10 rings (SSSR count). The summed E-state index contributed by atoms with van der Waals surface area (Å²) in [6, 6.07) is 0. The minimum atomic E-state index is -1.37. The molecule has 2 heterocycles. The molecule has 2 saturated heterocycles. The lowest BCUT2D eigenvalue weighted by atomic mass is 9.46. The molecule has 0 amide bonds. The van der Waals surface area contributed by atoms with Crippen molar-refractivity contribution in [3.05, 3.63) is 23.3 Å². The van der Waals surface area contributed by atoms with Crippen molar-refractivity contribution >= 4 is 5.78 Å². The number of hydrogen-bond acceptors (Lipinski definition) is 8. The Hall–Kier alpha value is -1.13. The van der Waals surface area contributed by atoms with Gasteiger partial charge in [-0.1, -0.05) is 51.0 Å². The monoisotopic (exact) mass is 753 g/mol. The number of aliphatic hydroxyl groups excluding tert-OH is 1. The summed E-state index contributed by atoms with van der Waals surface area (Å²) in [5, 5.41) is 32.1. The molecule has 0 spiro atoms. The summed E-state index contributed by atoms with van der Waals surface area (Å²) in [7, 11) is 0. The summed E-state index contributed by atoms with van der Waals surface area (Å²) in [5.74, 6) is 2.11. The van der Waals surface area contributed by atoms with Gasteiger partial charge in [-0.15, -0.1) is 0 Å². The Morgan fingerprint density at radius 2 is 1.13 bits per heavy atom. The van der Waals surface area contributed by atoms with E-state index in [0.717, 1.165) is 56.9 Å². The lowest BCUT2D eigenvalue weighted by molar-refractivity contribution is -0.223. The van der Waals surface area contributed by atoms with Crippen molar-refractivity contribution in [1.29, 1.82) is 0 Å². The molecule has 8 heteroatoms. The number of carbonyl (C=O) groups is 1. The Morgan fingerprint density at radius 3 is 1.70 bits per heavy atom. The van der Waals surface area contributed by atoms with E-state index in [1.54, 1.807) is 0 Å². The number of Topliss-reactive ketones (excluding diaryl/α,β-unsaturated/α-hetero) is 1. The number of hydrogen-bond donors (Lipinski definition) is 3. The van der Waals surface area contributed by atoms with Crippen molar-refractivity contribution in [1.82, 2.24) is 0 Å². The number of carbonyl (C=O) groups excluding carboxylic acids is 1. The van der Waals surface area contributed by atoms with Crippen LogP contribution in [0.4, 0.5) is 0 Å². The van der Waals surface area contributed by atoms with Crippen LogP contribution in [0.2, 0.25) is 0 Å². The number of aliphatic hydroxyl groups is 3. The van der Waals surface area contributed by atoms with Crippen molar-refractivity contribution < 1.29 is 41.8 Å². The van der Waals surface area contributed by atoms with Gasteiger partial charge in [-0.25, -0.2) is 0 Å². The molecule has 6 saturated carbocycles. The minimum Gasteiger partial charge on any atom is -0.393 e. The number of allylic oxidation sites excluding steroid dienone is 2. The first-order chi connectivity index (χ1) is 26.2. The highest BCUT2D eigenvalue weighted by Crippen LogP contribution is 2.69. The number of fused-ring (bicyclic) bond motifs is 10. The molecule has 54 heavy (non-hydrogen) atoms. The molecule has 0 aromatic rings. The van der Waals surface area contributed by atoms with Crippen LogP contribution in [0.25, 0.3) is 0 Å². The molecule has 15 atom stereocenters. The van der Waals surface area contributed by atoms with E-state index in [4.69, 9.17) is 21.7 Å². The average molecular weight is 753 g/mol. The van der Waals surface area contributed by atoms with Gasteiger partial charge in [0.1, 0.15) is 5.78 Å². The highest BCUT2D eigenvalue weighted by Gasteiger charge is 2.67. The summed E-state index contributed by atoms with van der Waals surface area (Å²) < 4.78 is 40.5. The molecule has 3 N–H and O–H groups in total. The molecule has 8 aliphatic carbocycles. The molecule has 0 aromatic carbocycles. The second kappa shape index (κ2) is 13.2. The molecule has 6 unspecified atom stereocenters. The van der Waals surface area contributed by atoms with Crippen molar-refractivity contribution in [2.24, 2.45) is 69.0 Å². The van der Waals surface area contributed by atoms with Gasteiger partial charge in [0.15, 0.2) is 11.6 Å². The molecule has 2 aliphatic heterocycles. The van der Waals surface area contributed by atoms with E-state index in [2.05, 4.69) is 53.7 Å². The van der Waals surface area contributed by atoms with E-state index in [0.29, 0.717) is 93.9 Å². The van der Waals surface area contributed by atoms with Gasteiger partial charge in [-0.05, 0) is 149 Å². The maximum absolute atomic E-state index is 13.6. The van der Waals surface area contributed by atoms with Crippen LogP contribution in [0.5, 0.6) is 0 Å². The lowest BCUT2D eigenvalue weighted by Crippen LogP contribution is -2.58. The first kappa shape index (κ1) is 36.0. The van der Waals surface area contributed by atoms with E-state index in [-0.39, 0.29) is 45.5 Å². The van der Waals surface area contributed by atoms with Gasteiger partial charge in [-0.3, -0.25) is 4.79 Å².